The molecule has 0 saturated heterocycles. The van der Waals surface area contributed by atoms with Crippen LogP contribution >= 0.6 is 23.4 Å². The Balaban J connectivity index is 1.53. The van der Waals surface area contributed by atoms with E-state index in [1.54, 1.807) is 36.0 Å². The highest BCUT2D eigenvalue weighted by Crippen LogP contribution is 2.21. The first-order valence-electron chi connectivity index (χ1n) is 9.71. The Morgan fingerprint density at radius 3 is 2.22 bits per heavy atom. The van der Waals surface area contributed by atoms with Crippen LogP contribution in [0.1, 0.15) is 18.5 Å². The normalized spacial score (nSPS) is 12.1. The number of amides is 1. The molecule has 0 radical (unpaired) electrons. The van der Waals surface area contributed by atoms with Crippen molar-refractivity contribution in [3.05, 3.63) is 83.4 Å². The highest BCUT2D eigenvalue weighted by Gasteiger charge is 2.15. The van der Waals surface area contributed by atoms with Gasteiger partial charge in [-0.1, -0.05) is 23.7 Å². The van der Waals surface area contributed by atoms with Gasteiger partial charge in [-0.05, 0) is 79.4 Å². The standard InChI is InChI=1S/C23H23ClN2O4S2/c1-16(17-3-11-21(31-2)12-4-17)25-23(27)15-30-20-9-13-22(14-10-20)32(28,29)26-19-7-5-18(24)6-8-19/h3-14,16,26H,15H2,1-2H3,(H,25,27). The third kappa shape index (κ3) is 6.66. The highest BCUT2D eigenvalue weighted by molar-refractivity contribution is 7.98. The van der Waals surface area contributed by atoms with Gasteiger partial charge >= 0.3 is 0 Å². The van der Waals surface area contributed by atoms with Crippen molar-refractivity contribution in [2.24, 2.45) is 0 Å². The van der Waals surface area contributed by atoms with E-state index in [0.29, 0.717) is 16.5 Å². The lowest BCUT2D eigenvalue weighted by atomic mass is 10.1. The van der Waals surface area contributed by atoms with Gasteiger partial charge < -0.3 is 10.1 Å². The Morgan fingerprint density at radius 1 is 1.00 bits per heavy atom. The monoisotopic (exact) mass is 490 g/mol. The molecule has 0 bridgehead atoms. The highest BCUT2D eigenvalue weighted by atomic mass is 35.5. The van der Waals surface area contributed by atoms with E-state index in [4.69, 9.17) is 16.3 Å². The third-order valence-corrected chi connectivity index (χ3v) is 6.99. The Bertz CT molecular complexity index is 1150. The van der Waals surface area contributed by atoms with Crippen molar-refractivity contribution < 1.29 is 17.9 Å². The summed E-state index contributed by atoms with van der Waals surface area (Å²) in [5.74, 6) is 0.120. The molecular formula is C23H23ClN2O4S2. The second kappa shape index (κ2) is 10.8. The van der Waals surface area contributed by atoms with Gasteiger partial charge in [-0.25, -0.2) is 8.42 Å². The van der Waals surface area contributed by atoms with Crippen molar-refractivity contribution in [2.75, 3.05) is 17.6 Å². The van der Waals surface area contributed by atoms with E-state index in [2.05, 4.69) is 10.0 Å². The summed E-state index contributed by atoms with van der Waals surface area (Å²) in [4.78, 5) is 13.5. The first kappa shape index (κ1) is 24.0. The van der Waals surface area contributed by atoms with Gasteiger partial charge in [0.25, 0.3) is 15.9 Å². The van der Waals surface area contributed by atoms with Crippen molar-refractivity contribution in [3.8, 4) is 5.75 Å². The largest absolute Gasteiger partial charge is 0.484 e. The topological polar surface area (TPSA) is 84.5 Å². The lowest BCUT2D eigenvalue weighted by Gasteiger charge is -2.15. The summed E-state index contributed by atoms with van der Waals surface area (Å²) < 4.78 is 33.0. The fourth-order valence-corrected chi connectivity index (χ4v) is 4.45. The van der Waals surface area contributed by atoms with Crippen LogP contribution in [-0.4, -0.2) is 27.2 Å². The lowest BCUT2D eigenvalue weighted by Crippen LogP contribution is -2.31. The van der Waals surface area contributed by atoms with E-state index in [0.717, 1.165) is 10.5 Å². The van der Waals surface area contributed by atoms with Crippen LogP contribution in [0.2, 0.25) is 5.02 Å². The molecule has 1 atom stereocenters. The predicted octanol–water partition coefficient (Wildman–Crippen LogP) is 5.12. The number of thioether (sulfide) groups is 1. The Labute approximate surface area is 197 Å². The quantitative estimate of drug-likeness (QED) is 0.407. The minimum atomic E-state index is -3.76. The van der Waals surface area contributed by atoms with Gasteiger partial charge in [-0.3, -0.25) is 9.52 Å². The Morgan fingerprint density at radius 2 is 1.62 bits per heavy atom. The molecule has 0 heterocycles. The number of benzene rings is 3. The molecule has 0 aliphatic heterocycles. The van der Waals surface area contributed by atoms with Crippen molar-refractivity contribution >= 4 is 45.0 Å². The summed E-state index contributed by atoms with van der Waals surface area (Å²) in [6, 6.07) is 20.0. The number of ether oxygens (including phenoxy) is 1. The molecule has 3 aromatic rings. The minimum Gasteiger partial charge on any atom is -0.484 e. The number of anilines is 1. The summed E-state index contributed by atoms with van der Waals surface area (Å²) in [5, 5.41) is 3.40. The molecule has 0 saturated carbocycles. The summed E-state index contributed by atoms with van der Waals surface area (Å²) >= 11 is 7.48. The summed E-state index contributed by atoms with van der Waals surface area (Å²) in [5.41, 5.74) is 1.41. The Kier molecular flexibility index (Phi) is 8.06. The number of hydrogen-bond donors (Lipinski definition) is 2. The summed E-state index contributed by atoms with van der Waals surface area (Å²) in [6.07, 6.45) is 2.01. The zero-order valence-electron chi connectivity index (χ0n) is 17.5. The van der Waals surface area contributed by atoms with Crippen LogP contribution in [-0.2, 0) is 14.8 Å². The number of hydrogen-bond acceptors (Lipinski definition) is 5. The maximum Gasteiger partial charge on any atom is 0.261 e. The maximum absolute atomic E-state index is 12.5. The number of carbonyl (C=O) groups excluding carboxylic acids is 1. The molecule has 1 unspecified atom stereocenters. The first-order valence-corrected chi connectivity index (χ1v) is 12.8. The predicted molar refractivity (Wildman–Crippen MR) is 129 cm³/mol. The molecule has 0 aliphatic rings. The van der Waals surface area contributed by atoms with Gasteiger partial charge in [0.1, 0.15) is 5.75 Å². The number of nitrogens with one attached hydrogen (secondary N) is 2. The van der Waals surface area contributed by atoms with Gasteiger partial charge in [-0.15, -0.1) is 11.8 Å². The number of halogens is 1. The lowest BCUT2D eigenvalue weighted by molar-refractivity contribution is -0.123. The van der Waals surface area contributed by atoms with Crippen molar-refractivity contribution in [2.45, 2.75) is 22.8 Å². The van der Waals surface area contributed by atoms with E-state index >= 15 is 0 Å². The molecule has 0 fully saturated rings. The molecule has 2 N–H and O–H groups in total. The molecule has 32 heavy (non-hydrogen) atoms. The fraction of sp³-hybridized carbons (Fsp3) is 0.174. The third-order valence-electron chi connectivity index (χ3n) is 4.59. The second-order valence-corrected chi connectivity index (χ2v) is 9.93. The smallest absolute Gasteiger partial charge is 0.261 e. The van der Waals surface area contributed by atoms with E-state index in [9.17, 15) is 13.2 Å². The van der Waals surface area contributed by atoms with E-state index in [1.165, 1.54) is 24.3 Å². The molecule has 6 nitrogen and oxygen atoms in total. The van der Waals surface area contributed by atoms with Gasteiger partial charge in [0, 0.05) is 15.6 Å². The molecule has 0 spiro atoms. The van der Waals surface area contributed by atoms with Crippen LogP contribution in [0.4, 0.5) is 5.69 Å². The summed E-state index contributed by atoms with van der Waals surface area (Å²) in [7, 11) is -3.76. The zero-order valence-corrected chi connectivity index (χ0v) is 19.9. The van der Waals surface area contributed by atoms with Gasteiger partial charge in [0.15, 0.2) is 6.61 Å². The molecule has 3 rings (SSSR count). The van der Waals surface area contributed by atoms with E-state index < -0.39 is 10.0 Å². The molecule has 9 heteroatoms. The van der Waals surface area contributed by atoms with E-state index in [1.807, 2.05) is 37.4 Å². The maximum atomic E-state index is 12.5. The number of sulfonamides is 1. The van der Waals surface area contributed by atoms with Gasteiger partial charge in [0.05, 0.1) is 10.9 Å². The van der Waals surface area contributed by atoms with Crippen LogP contribution in [0.15, 0.2) is 82.6 Å². The van der Waals surface area contributed by atoms with Crippen LogP contribution < -0.4 is 14.8 Å². The zero-order chi connectivity index (χ0) is 23.1. The van der Waals surface area contributed by atoms with Crippen molar-refractivity contribution in [3.63, 3.8) is 0 Å². The average Bonchev–Trinajstić information content (AvgIpc) is 2.79. The van der Waals surface area contributed by atoms with Gasteiger partial charge in [-0.2, -0.15) is 0 Å². The summed E-state index contributed by atoms with van der Waals surface area (Å²) in [6.45, 7) is 1.72. The Hall–Kier alpha value is -2.68. The fourth-order valence-electron chi connectivity index (χ4n) is 2.85. The molecule has 168 valence electrons. The second-order valence-electron chi connectivity index (χ2n) is 6.93. The average molecular weight is 491 g/mol. The van der Waals surface area contributed by atoms with E-state index in [-0.39, 0.29) is 23.5 Å². The van der Waals surface area contributed by atoms with Crippen LogP contribution in [0.5, 0.6) is 5.75 Å². The first-order chi connectivity index (χ1) is 15.3. The van der Waals surface area contributed by atoms with Crippen LogP contribution in [0.25, 0.3) is 0 Å². The van der Waals surface area contributed by atoms with Crippen LogP contribution in [0.3, 0.4) is 0 Å². The molecule has 3 aromatic carbocycles. The number of rotatable bonds is 9. The van der Waals surface area contributed by atoms with Crippen LogP contribution in [0, 0.1) is 0 Å². The van der Waals surface area contributed by atoms with Crippen molar-refractivity contribution in [1.29, 1.82) is 0 Å². The SMILES string of the molecule is CSc1ccc(C(C)NC(=O)COc2ccc(S(=O)(=O)Nc3ccc(Cl)cc3)cc2)cc1. The molecular weight excluding hydrogens is 468 g/mol. The molecule has 0 aromatic heterocycles. The molecule has 1 amide bonds. The van der Waals surface area contributed by atoms with Gasteiger partial charge in [0.2, 0.25) is 0 Å². The van der Waals surface area contributed by atoms with Crippen molar-refractivity contribution in [1.82, 2.24) is 5.32 Å². The minimum absolute atomic E-state index is 0.0755. The molecule has 0 aliphatic carbocycles. The number of carbonyl (C=O) groups is 1.